The molecule has 0 aliphatic rings. The van der Waals surface area contributed by atoms with Crippen molar-refractivity contribution in [2.75, 3.05) is 98.2 Å². The summed E-state index contributed by atoms with van der Waals surface area (Å²) in [4.78, 5) is 107. The van der Waals surface area contributed by atoms with Gasteiger partial charge in [-0.3, -0.25) is 48.7 Å². The lowest BCUT2D eigenvalue weighted by Gasteiger charge is -2.31. The van der Waals surface area contributed by atoms with E-state index in [2.05, 4.69) is 35.6 Å². The molecular formula is C44H79N21O6. The van der Waals surface area contributed by atoms with Gasteiger partial charge in [0.1, 0.15) is 6.04 Å². The summed E-state index contributed by atoms with van der Waals surface area (Å²) in [5.41, 5.74) is 57.0. The van der Waals surface area contributed by atoms with Crippen LogP contribution in [-0.2, 0) is 35.2 Å². The number of rotatable bonds is 37. The molecule has 1 heterocycles. The largest absolute Gasteiger partial charge is 0.370 e. The number of guanidine groups is 4. The number of carbonyl (C=O) groups excluding carboxylic acids is 6. The molecule has 0 saturated carbocycles. The zero-order valence-corrected chi connectivity index (χ0v) is 40.9. The summed E-state index contributed by atoms with van der Waals surface area (Å²) < 4.78 is 0. The Hall–Kier alpha value is -7.42. The number of benzene rings is 1. The number of nitrogens with one attached hydrogen (secondary N) is 3. The predicted octanol–water partition coefficient (Wildman–Crippen LogP) is -4.85. The molecule has 6 amide bonds. The number of fused-ring (bicyclic) bond motifs is 1. The molecule has 0 unspecified atom stereocenters. The van der Waals surface area contributed by atoms with Crippen LogP contribution in [0.5, 0.6) is 0 Å². The van der Waals surface area contributed by atoms with E-state index in [4.69, 9.17) is 57.3 Å². The number of aromatic amines is 1. The van der Waals surface area contributed by atoms with Gasteiger partial charge in [0.25, 0.3) is 0 Å². The molecule has 0 aliphatic heterocycles. The zero-order valence-electron chi connectivity index (χ0n) is 40.9. The van der Waals surface area contributed by atoms with Crippen LogP contribution >= 0.6 is 0 Å². The molecule has 27 nitrogen and oxygen atoms in total. The Morgan fingerprint density at radius 2 is 1.01 bits per heavy atom. The van der Waals surface area contributed by atoms with Gasteiger partial charge in [0.05, 0.1) is 32.7 Å². The molecule has 0 spiro atoms. The van der Waals surface area contributed by atoms with Crippen molar-refractivity contribution in [2.24, 2.45) is 77.3 Å². The monoisotopic (exact) mass is 998 g/mol. The number of unbranched alkanes of at least 4 members (excludes halogenated alkanes) is 3. The topological polar surface area (TPSA) is 465 Å². The van der Waals surface area contributed by atoms with Crippen molar-refractivity contribution in [2.45, 2.75) is 70.3 Å². The minimum Gasteiger partial charge on any atom is -0.370 e. The predicted molar refractivity (Wildman–Crippen MR) is 276 cm³/mol. The van der Waals surface area contributed by atoms with Gasteiger partial charge in [-0.05, 0) is 76.1 Å². The van der Waals surface area contributed by atoms with E-state index in [1.165, 1.54) is 19.6 Å². The molecule has 2 aromatic rings. The Kier molecular flexibility index (Phi) is 28.6. The second-order valence-electron chi connectivity index (χ2n) is 16.7. The van der Waals surface area contributed by atoms with Crippen molar-refractivity contribution >= 4 is 70.2 Å². The maximum atomic E-state index is 14.6. The maximum absolute atomic E-state index is 14.6. The van der Waals surface area contributed by atoms with Gasteiger partial charge >= 0.3 is 0 Å². The summed E-state index contributed by atoms with van der Waals surface area (Å²) >= 11 is 0. The number of hydrogen-bond acceptors (Lipinski definition) is 12. The lowest BCUT2D eigenvalue weighted by molar-refractivity contribution is -0.146. The van der Waals surface area contributed by atoms with Gasteiger partial charge in [-0.1, -0.05) is 31.0 Å². The standard InChI is InChI=1S/C44H79N21O6/c45-15-5-1-2-6-16-55-26-36(67)63(22-9-19-58-43(51)52)28-38(69)64(23-10-20-59-44(53)54)29-39(70)65(24-14-31-25-60-33-12-4-3-11-32(31)33)30-37(68)62(21-8-18-57-42(49)50)27-35(66)61-34(40(46)71)13-7-17-56-41(47)48/h3-4,11-12,25,34,55,60H,1-2,5-10,13-24,26-30,45H2,(H2,46,71)(H,61,66)(H4,47,48,56)(H4,49,50,57)(H4,51,52,58)(H4,53,54,59)/t34-/m1/s1. The number of H-pyrrole nitrogens is 1. The number of nitrogens with zero attached hydrogens (tertiary/aromatic N) is 8. The van der Waals surface area contributed by atoms with E-state index in [0.29, 0.717) is 32.4 Å². The van der Waals surface area contributed by atoms with Gasteiger partial charge in [0.15, 0.2) is 23.8 Å². The first-order valence-electron chi connectivity index (χ1n) is 23.8. The van der Waals surface area contributed by atoms with Crippen LogP contribution in [-0.4, -0.2) is 188 Å². The highest BCUT2D eigenvalue weighted by Crippen LogP contribution is 2.19. The highest BCUT2D eigenvalue weighted by molar-refractivity contribution is 5.93. The smallest absolute Gasteiger partial charge is 0.242 e. The number of para-hydroxylation sites is 1. The Morgan fingerprint density at radius 1 is 0.549 bits per heavy atom. The molecule has 71 heavy (non-hydrogen) atoms. The Labute approximate surface area is 415 Å². The van der Waals surface area contributed by atoms with E-state index in [-0.39, 0.29) is 114 Å². The fraction of sp³-hybridized carbons (Fsp3) is 0.591. The molecule has 23 N–H and O–H groups in total. The van der Waals surface area contributed by atoms with Gasteiger partial charge in [-0.15, -0.1) is 0 Å². The molecule has 1 atom stereocenters. The van der Waals surface area contributed by atoms with Crippen LogP contribution in [0.4, 0.5) is 0 Å². The first kappa shape index (κ1) is 59.7. The molecule has 2 rings (SSSR count). The van der Waals surface area contributed by atoms with Crippen LogP contribution in [0.3, 0.4) is 0 Å². The first-order valence-corrected chi connectivity index (χ1v) is 23.8. The number of aliphatic imine (C=N–C) groups is 4. The fourth-order valence-corrected chi connectivity index (χ4v) is 7.22. The second-order valence-corrected chi connectivity index (χ2v) is 16.7. The molecular weight excluding hydrogens is 919 g/mol. The van der Waals surface area contributed by atoms with Gasteiger partial charge in [0.2, 0.25) is 35.4 Å². The van der Waals surface area contributed by atoms with Crippen molar-refractivity contribution < 1.29 is 28.8 Å². The van der Waals surface area contributed by atoms with Crippen molar-refractivity contribution in [1.29, 1.82) is 0 Å². The third kappa shape index (κ3) is 25.7. The normalized spacial score (nSPS) is 11.2. The summed E-state index contributed by atoms with van der Waals surface area (Å²) in [6, 6.07) is 6.50. The summed E-state index contributed by atoms with van der Waals surface area (Å²) in [7, 11) is 0. The number of nitrogens with two attached hydrogens (primary N) is 10. The van der Waals surface area contributed by atoms with Gasteiger partial charge < -0.3 is 92.6 Å². The molecule has 0 fully saturated rings. The van der Waals surface area contributed by atoms with Crippen LogP contribution in [0.25, 0.3) is 10.9 Å². The van der Waals surface area contributed by atoms with E-state index in [9.17, 15) is 28.8 Å². The third-order valence-corrected chi connectivity index (χ3v) is 10.9. The van der Waals surface area contributed by atoms with Crippen LogP contribution in [0.15, 0.2) is 50.4 Å². The fourth-order valence-electron chi connectivity index (χ4n) is 7.22. The van der Waals surface area contributed by atoms with Crippen LogP contribution in [0.1, 0.15) is 63.4 Å². The van der Waals surface area contributed by atoms with E-state index in [1.807, 2.05) is 30.5 Å². The van der Waals surface area contributed by atoms with Crippen molar-refractivity contribution in [3.63, 3.8) is 0 Å². The molecule has 0 radical (unpaired) electrons. The molecule has 1 aromatic carbocycles. The second kappa shape index (κ2) is 34.0. The maximum Gasteiger partial charge on any atom is 0.242 e. The number of aromatic nitrogens is 1. The Morgan fingerprint density at radius 3 is 1.52 bits per heavy atom. The number of amides is 6. The molecule has 0 saturated heterocycles. The lowest BCUT2D eigenvalue weighted by Crippen LogP contribution is -2.52. The minimum atomic E-state index is -1.10. The third-order valence-electron chi connectivity index (χ3n) is 10.9. The molecule has 0 bridgehead atoms. The van der Waals surface area contributed by atoms with Crippen LogP contribution < -0.4 is 68.0 Å². The average Bonchev–Trinajstić information content (AvgIpc) is 3.73. The van der Waals surface area contributed by atoms with Crippen LogP contribution in [0, 0.1) is 0 Å². The van der Waals surface area contributed by atoms with Crippen molar-refractivity contribution in [3.05, 3.63) is 36.0 Å². The first-order chi connectivity index (χ1) is 33.9. The molecule has 1 aromatic heterocycles. The van der Waals surface area contributed by atoms with Gasteiger partial charge in [0, 0.05) is 69.5 Å². The van der Waals surface area contributed by atoms with E-state index < -0.39 is 55.2 Å². The summed E-state index contributed by atoms with van der Waals surface area (Å²) in [5.74, 6) is -4.21. The van der Waals surface area contributed by atoms with E-state index in [0.717, 1.165) is 42.1 Å². The SMILES string of the molecule is NCCCCCCNCC(=O)N(CCCN=C(N)N)CC(=O)N(CCCN=C(N)N)CC(=O)N(CCc1c[nH]c2ccccc12)CC(=O)N(CCCN=C(N)N)CC(=O)N[C@H](CCCN=C(N)N)C(N)=O. The minimum absolute atomic E-state index is 0.00669. The van der Waals surface area contributed by atoms with Crippen LogP contribution in [0.2, 0.25) is 0 Å². The van der Waals surface area contributed by atoms with Crippen molar-refractivity contribution in [3.8, 4) is 0 Å². The van der Waals surface area contributed by atoms with Gasteiger partial charge in [-0.25, -0.2) is 0 Å². The number of hydrogen-bond donors (Lipinski definition) is 13. The zero-order chi connectivity index (χ0) is 52.6. The lowest BCUT2D eigenvalue weighted by atomic mass is 10.1. The summed E-state index contributed by atoms with van der Waals surface area (Å²) in [5, 5.41) is 6.64. The Balaban J connectivity index is 2.48. The van der Waals surface area contributed by atoms with Gasteiger partial charge in [-0.2, -0.15) is 0 Å². The van der Waals surface area contributed by atoms with E-state index >= 15 is 0 Å². The number of primary amides is 1. The summed E-state index contributed by atoms with van der Waals surface area (Å²) in [6.07, 6.45) is 7.02. The van der Waals surface area contributed by atoms with E-state index in [1.54, 1.807) is 0 Å². The molecule has 27 heteroatoms. The summed E-state index contributed by atoms with van der Waals surface area (Å²) in [6.45, 7) is -0.00354. The quantitative estimate of drug-likeness (QED) is 0.0172. The number of carbonyl (C=O) groups is 6. The molecule has 0 aliphatic carbocycles. The highest BCUT2D eigenvalue weighted by atomic mass is 16.2. The average molecular weight is 998 g/mol. The highest BCUT2D eigenvalue weighted by Gasteiger charge is 2.28. The van der Waals surface area contributed by atoms with Crippen molar-refractivity contribution in [1.82, 2.24) is 35.2 Å². The molecule has 396 valence electrons. The Bertz CT molecular complexity index is 2090.